The van der Waals surface area contributed by atoms with E-state index in [4.69, 9.17) is 10.00 Å². The molecule has 0 aliphatic carbocycles. The van der Waals surface area contributed by atoms with Gasteiger partial charge in [0.15, 0.2) is 0 Å². The number of benzene rings is 1. The monoisotopic (exact) mass is 245 g/mol. The summed E-state index contributed by atoms with van der Waals surface area (Å²) in [5.74, 6) is 0. The largest absolute Gasteiger partial charge is 0.446 e. The molecule has 94 valence electrons. The number of piperidine rings is 1. The van der Waals surface area contributed by atoms with Gasteiger partial charge in [-0.25, -0.2) is 4.79 Å². The van der Waals surface area contributed by atoms with E-state index in [0.29, 0.717) is 11.3 Å². The van der Waals surface area contributed by atoms with E-state index in [1.54, 1.807) is 24.3 Å². The Balaban J connectivity index is 1.84. The smallest absolute Gasteiger partial charge is 0.411 e. The van der Waals surface area contributed by atoms with Crippen LogP contribution in [0.5, 0.6) is 0 Å². The second-order valence-electron chi connectivity index (χ2n) is 4.17. The number of hydrogen-bond acceptors (Lipinski definition) is 4. The third-order valence-electron chi connectivity index (χ3n) is 2.82. The van der Waals surface area contributed by atoms with Crippen LogP contribution in [0, 0.1) is 11.3 Å². The summed E-state index contributed by atoms with van der Waals surface area (Å²) in [6, 6.07) is 8.69. The molecule has 2 N–H and O–H groups in total. The number of ether oxygens (including phenoxy) is 1. The molecule has 0 atom stereocenters. The Morgan fingerprint density at radius 2 is 2.00 bits per heavy atom. The standard InChI is InChI=1S/C13H15N3O2/c14-9-10-1-3-11(4-2-10)16-13(17)18-12-5-7-15-8-6-12/h1-4,12,15H,5-8H2,(H,16,17). The maximum atomic E-state index is 11.6. The molecule has 1 saturated heterocycles. The first-order valence-corrected chi connectivity index (χ1v) is 5.96. The highest BCUT2D eigenvalue weighted by Gasteiger charge is 2.17. The molecule has 0 aromatic heterocycles. The number of hydrogen-bond donors (Lipinski definition) is 2. The molecule has 1 aliphatic rings. The van der Waals surface area contributed by atoms with Crippen LogP contribution in [0.3, 0.4) is 0 Å². The lowest BCUT2D eigenvalue weighted by Crippen LogP contribution is -2.34. The highest BCUT2D eigenvalue weighted by Crippen LogP contribution is 2.12. The van der Waals surface area contributed by atoms with E-state index in [1.807, 2.05) is 6.07 Å². The number of nitrogens with one attached hydrogen (secondary N) is 2. The predicted molar refractivity (Wildman–Crippen MR) is 67.2 cm³/mol. The molecular weight excluding hydrogens is 230 g/mol. The summed E-state index contributed by atoms with van der Waals surface area (Å²) < 4.78 is 5.30. The molecule has 1 aromatic rings. The summed E-state index contributed by atoms with van der Waals surface area (Å²) in [7, 11) is 0. The Kier molecular flexibility index (Phi) is 4.15. The molecule has 0 spiro atoms. The summed E-state index contributed by atoms with van der Waals surface area (Å²) >= 11 is 0. The van der Waals surface area contributed by atoms with Gasteiger partial charge in [-0.2, -0.15) is 5.26 Å². The van der Waals surface area contributed by atoms with Crippen molar-refractivity contribution in [1.82, 2.24) is 5.32 Å². The maximum absolute atomic E-state index is 11.6. The highest BCUT2D eigenvalue weighted by atomic mass is 16.6. The first-order chi connectivity index (χ1) is 8.78. The third kappa shape index (κ3) is 3.47. The van der Waals surface area contributed by atoms with Gasteiger partial charge in [-0.1, -0.05) is 0 Å². The topological polar surface area (TPSA) is 74.2 Å². The van der Waals surface area contributed by atoms with E-state index >= 15 is 0 Å². The van der Waals surface area contributed by atoms with Crippen molar-refractivity contribution in [2.75, 3.05) is 18.4 Å². The Hall–Kier alpha value is -2.06. The molecule has 0 unspecified atom stereocenters. The molecule has 1 aliphatic heterocycles. The van der Waals surface area contributed by atoms with Crippen LogP contribution in [0.2, 0.25) is 0 Å². The maximum Gasteiger partial charge on any atom is 0.411 e. The Bertz CT molecular complexity index is 444. The Morgan fingerprint density at radius 1 is 1.33 bits per heavy atom. The van der Waals surface area contributed by atoms with Crippen LogP contribution in [0.4, 0.5) is 10.5 Å². The van der Waals surface area contributed by atoms with E-state index in [2.05, 4.69) is 10.6 Å². The first kappa shape index (κ1) is 12.4. The van der Waals surface area contributed by atoms with Gasteiger partial charge in [0.1, 0.15) is 6.10 Å². The number of nitrogens with zero attached hydrogens (tertiary/aromatic N) is 1. The van der Waals surface area contributed by atoms with Crippen LogP contribution in [0.25, 0.3) is 0 Å². The number of carbonyl (C=O) groups excluding carboxylic acids is 1. The van der Waals surface area contributed by atoms with E-state index in [-0.39, 0.29) is 6.10 Å². The van der Waals surface area contributed by atoms with Crippen LogP contribution in [0.15, 0.2) is 24.3 Å². The molecule has 0 radical (unpaired) electrons. The summed E-state index contributed by atoms with van der Waals surface area (Å²) in [5, 5.41) is 14.5. The van der Waals surface area contributed by atoms with Crippen LogP contribution in [0.1, 0.15) is 18.4 Å². The molecular formula is C13H15N3O2. The van der Waals surface area contributed by atoms with Crippen molar-refractivity contribution in [3.05, 3.63) is 29.8 Å². The number of anilines is 1. The van der Waals surface area contributed by atoms with Gasteiger partial charge in [0.2, 0.25) is 0 Å². The minimum absolute atomic E-state index is 0.00960. The fourth-order valence-corrected chi connectivity index (χ4v) is 1.84. The molecule has 1 fully saturated rings. The molecule has 1 heterocycles. The van der Waals surface area contributed by atoms with Crippen molar-refractivity contribution in [2.24, 2.45) is 0 Å². The van der Waals surface area contributed by atoms with Gasteiger partial charge >= 0.3 is 6.09 Å². The summed E-state index contributed by atoms with van der Waals surface area (Å²) in [5.41, 5.74) is 1.19. The summed E-state index contributed by atoms with van der Waals surface area (Å²) in [4.78, 5) is 11.6. The normalized spacial score (nSPS) is 15.7. The first-order valence-electron chi connectivity index (χ1n) is 5.96. The van der Waals surface area contributed by atoms with Gasteiger partial charge in [-0.05, 0) is 50.2 Å². The van der Waals surface area contributed by atoms with Gasteiger partial charge in [-0.3, -0.25) is 5.32 Å². The zero-order valence-electron chi connectivity index (χ0n) is 9.98. The average molecular weight is 245 g/mol. The molecule has 2 rings (SSSR count). The summed E-state index contributed by atoms with van der Waals surface area (Å²) in [6.07, 6.45) is 1.25. The van der Waals surface area contributed by atoms with Crippen molar-refractivity contribution in [2.45, 2.75) is 18.9 Å². The summed E-state index contributed by atoms with van der Waals surface area (Å²) in [6.45, 7) is 1.77. The van der Waals surface area contributed by atoms with Gasteiger partial charge in [-0.15, -0.1) is 0 Å². The fraction of sp³-hybridized carbons (Fsp3) is 0.385. The van der Waals surface area contributed by atoms with Crippen molar-refractivity contribution >= 4 is 11.8 Å². The molecule has 5 heteroatoms. The van der Waals surface area contributed by atoms with Crippen molar-refractivity contribution in [3.63, 3.8) is 0 Å². The molecule has 5 nitrogen and oxygen atoms in total. The van der Waals surface area contributed by atoms with Gasteiger partial charge in [0.05, 0.1) is 11.6 Å². The van der Waals surface area contributed by atoms with Crippen LogP contribution >= 0.6 is 0 Å². The lowest BCUT2D eigenvalue weighted by atomic mass is 10.1. The molecule has 0 bridgehead atoms. The van der Waals surface area contributed by atoms with Crippen molar-refractivity contribution < 1.29 is 9.53 Å². The minimum Gasteiger partial charge on any atom is -0.446 e. The fourth-order valence-electron chi connectivity index (χ4n) is 1.84. The van der Waals surface area contributed by atoms with Gasteiger partial charge < -0.3 is 10.1 Å². The van der Waals surface area contributed by atoms with E-state index in [1.165, 1.54) is 0 Å². The van der Waals surface area contributed by atoms with Gasteiger partial charge in [0, 0.05) is 5.69 Å². The zero-order chi connectivity index (χ0) is 12.8. The van der Waals surface area contributed by atoms with Crippen molar-refractivity contribution in [1.29, 1.82) is 5.26 Å². The molecule has 1 aromatic carbocycles. The van der Waals surface area contributed by atoms with Crippen LogP contribution in [-0.2, 0) is 4.74 Å². The lowest BCUT2D eigenvalue weighted by molar-refractivity contribution is 0.0909. The van der Waals surface area contributed by atoms with E-state index in [0.717, 1.165) is 25.9 Å². The van der Waals surface area contributed by atoms with E-state index < -0.39 is 6.09 Å². The van der Waals surface area contributed by atoms with Gasteiger partial charge in [0.25, 0.3) is 0 Å². The quantitative estimate of drug-likeness (QED) is 0.834. The van der Waals surface area contributed by atoms with Crippen LogP contribution < -0.4 is 10.6 Å². The SMILES string of the molecule is N#Cc1ccc(NC(=O)OC2CCNCC2)cc1. The highest BCUT2D eigenvalue weighted by molar-refractivity contribution is 5.84. The second-order valence-corrected chi connectivity index (χ2v) is 4.17. The van der Waals surface area contributed by atoms with Crippen molar-refractivity contribution in [3.8, 4) is 6.07 Å². The van der Waals surface area contributed by atoms with E-state index in [9.17, 15) is 4.79 Å². The molecule has 18 heavy (non-hydrogen) atoms. The minimum atomic E-state index is -0.438. The number of rotatable bonds is 2. The van der Waals surface area contributed by atoms with Crippen LogP contribution in [-0.4, -0.2) is 25.3 Å². The number of amides is 1. The Morgan fingerprint density at radius 3 is 2.61 bits per heavy atom. The predicted octanol–water partition coefficient (Wildman–Crippen LogP) is 1.86. The third-order valence-corrected chi connectivity index (χ3v) is 2.82. The zero-order valence-corrected chi connectivity index (χ0v) is 9.98. The number of nitriles is 1. The average Bonchev–Trinajstić information content (AvgIpc) is 2.40. The number of carbonyl (C=O) groups is 1. The molecule has 1 amide bonds. The lowest BCUT2D eigenvalue weighted by Gasteiger charge is -2.22. The second kappa shape index (κ2) is 6.03. The Labute approximate surface area is 106 Å². The molecule has 0 saturated carbocycles.